The van der Waals surface area contributed by atoms with E-state index in [4.69, 9.17) is 11.6 Å². The zero-order chi connectivity index (χ0) is 17.1. The molecule has 2 unspecified atom stereocenters. The summed E-state index contributed by atoms with van der Waals surface area (Å²) in [6.07, 6.45) is 1.90. The van der Waals surface area contributed by atoms with Crippen LogP contribution in [-0.2, 0) is 4.79 Å². The fraction of sp³-hybridized carbons (Fsp3) is 0.316. The smallest absolute Gasteiger partial charge is 0.236 e. The number of thioether (sulfide) groups is 1. The summed E-state index contributed by atoms with van der Waals surface area (Å²) in [5, 5.41) is 0.515. The lowest BCUT2D eigenvalue weighted by Crippen LogP contribution is -2.36. The molecule has 2 nitrogen and oxygen atoms in total. The van der Waals surface area contributed by atoms with Gasteiger partial charge in [-0.15, -0.1) is 11.8 Å². The molecule has 2 aromatic carbocycles. The Hall–Kier alpha value is -1.52. The number of amides is 1. The second kappa shape index (κ2) is 7.58. The van der Waals surface area contributed by atoms with Crippen molar-refractivity contribution in [2.75, 3.05) is 6.54 Å². The number of hydrogen-bond donors (Lipinski definition) is 0. The van der Waals surface area contributed by atoms with Crippen LogP contribution < -0.4 is 0 Å². The first-order chi connectivity index (χ1) is 11.5. The van der Waals surface area contributed by atoms with Crippen molar-refractivity contribution < 1.29 is 9.18 Å². The minimum absolute atomic E-state index is 0.0476. The van der Waals surface area contributed by atoms with Crippen LogP contribution in [0.15, 0.2) is 53.4 Å². The average Bonchev–Trinajstić information content (AvgIpc) is 3.06. The monoisotopic (exact) mass is 363 g/mol. The molecule has 1 fully saturated rings. The van der Waals surface area contributed by atoms with Crippen molar-refractivity contribution in [3.8, 4) is 0 Å². The first kappa shape index (κ1) is 17.3. The molecule has 0 aromatic heterocycles. The number of halogens is 2. The molecular weight excluding hydrogens is 345 g/mol. The van der Waals surface area contributed by atoms with Crippen LogP contribution in [0.5, 0.6) is 0 Å². The van der Waals surface area contributed by atoms with Gasteiger partial charge in [0.2, 0.25) is 5.91 Å². The molecule has 2 atom stereocenters. The average molecular weight is 364 g/mol. The Balaban J connectivity index is 1.70. The molecule has 0 N–H and O–H groups in total. The largest absolute Gasteiger partial charge is 0.335 e. The van der Waals surface area contributed by atoms with Gasteiger partial charge in [-0.25, -0.2) is 4.39 Å². The van der Waals surface area contributed by atoms with Gasteiger partial charge < -0.3 is 4.90 Å². The van der Waals surface area contributed by atoms with E-state index in [1.54, 1.807) is 12.1 Å². The number of carbonyl (C=O) groups excluding carboxylic acids is 1. The molecular formula is C19H19ClFNOS. The standard InChI is InChI=1S/C19H19ClFNOS/c1-13(24-17-10-6-15(20)7-11-17)19(23)22-12-2-3-18(22)14-4-8-16(21)9-5-14/h4-11,13,18H,2-3,12H2,1H3. The first-order valence-corrected chi connectivity index (χ1v) is 9.28. The predicted molar refractivity (Wildman–Crippen MR) is 96.9 cm³/mol. The minimum Gasteiger partial charge on any atom is -0.335 e. The van der Waals surface area contributed by atoms with Crippen LogP contribution in [0.4, 0.5) is 4.39 Å². The summed E-state index contributed by atoms with van der Waals surface area (Å²) in [6.45, 7) is 2.69. The van der Waals surface area contributed by atoms with Crippen LogP contribution in [0.25, 0.3) is 0 Å². The highest BCUT2D eigenvalue weighted by Gasteiger charge is 2.32. The van der Waals surface area contributed by atoms with E-state index in [2.05, 4.69) is 0 Å². The number of hydrogen-bond acceptors (Lipinski definition) is 2. The molecule has 5 heteroatoms. The van der Waals surface area contributed by atoms with Gasteiger partial charge in [0.25, 0.3) is 0 Å². The summed E-state index contributed by atoms with van der Waals surface area (Å²) in [7, 11) is 0. The molecule has 2 aromatic rings. The van der Waals surface area contributed by atoms with E-state index in [0.29, 0.717) is 5.02 Å². The third-order valence-electron chi connectivity index (χ3n) is 4.26. The molecule has 126 valence electrons. The van der Waals surface area contributed by atoms with E-state index in [9.17, 15) is 9.18 Å². The molecule has 1 aliphatic heterocycles. The lowest BCUT2D eigenvalue weighted by Gasteiger charge is -2.27. The highest BCUT2D eigenvalue weighted by molar-refractivity contribution is 8.00. The summed E-state index contributed by atoms with van der Waals surface area (Å²) < 4.78 is 13.1. The van der Waals surface area contributed by atoms with Gasteiger partial charge in [0.15, 0.2) is 0 Å². The molecule has 0 saturated carbocycles. The minimum atomic E-state index is -0.249. The molecule has 3 rings (SSSR count). The molecule has 1 heterocycles. The van der Waals surface area contributed by atoms with Gasteiger partial charge in [-0.05, 0) is 61.7 Å². The van der Waals surface area contributed by atoms with Crippen molar-refractivity contribution in [2.24, 2.45) is 0 Å². The van der Waals surface area contributed by atoms with Gasteiger partial charge in [-0.1, -0.05) is 23.7 Å². The van der Waals surface area contributed by atoms with Crippen molar-refractivity contribution in [1.29, 1.82) is 0 Å². The number of benzene rings is 2. The number of rotatable bonds is 4. The fourth-order valence-electron chi connectivity index (χ4n) is 3.06. The Labute approximate surface area is 151 Å². The van der Waals surface area contributed by atoms with Gasteiger partial charge in [-0.2, -0.15) is 0 Å². The van der Waals surface area contributed by atoms with Gasteiger partial charge >= 0.3 is 0 Å². The van der Waals surface area contributed by atoms with Crippen molar-refractivity contribution >= 4 is 29.3 Å². The van der Waals surface area contributed by atoms with E-state index in [0.717, 1.165) is 29.8 Å². The molecule has 0 radical (unpaired) electrons. The normalized spacial score (nSPS) is 18.6. The molecule has 0 aliphatic carbocycles. The van der Waals surface area contributed by atoms with Crippen molar-refractivity contribution in [3.63, 3.8) is 0 Å². The highest BCUT2D eigenvalue weighted by Crippen LogP contribution is 2.35. The molecule has 0 spiro atoms. The maximum Gasteiger partial charge on any atom is 0.236 e. The first-order valence-electron chi connectivity index (χ1n) is 8.03. The topological polar surface area (TPSA) is 20.3 Å². The van der Waals surface area contributed by atoms with Crippen LogP contribution in [0.3, 0.4) is 0 Å². The van der Waals surface area contributed by atoms with Crippen molar-refractivity contribution in [3.05, 3.63) is 64.9 Å². The van der Waals surface area contributed by atoms with E-state index in [1.165, 1.54) is 23.9 Å². The summed E-state index contributed by atoms with van der Waals surface area (Å²) in [5.41, 5.74) is 1.01. The number of likely N-dealkylation sites (tertiary alicyclic amines) is 1. The SMILES string of the molecule is CC(Sc1ccc(Cl)cc1)C(=O)N1CCCC1c1ccc(F)cc1. The van der Waals surface area contributed by atoms with Gasteiger partial charge in [0.1, 0.15) is 5.82 Å². The van der Waals surface area contributed by atoms with Gasteiger partial charge in [0, 0.05) is 16.5 Å². The van der Waals surface area contributed by atoms with Crippen molar-refractivity contribution in [1.82, 2.24) is 4.90 Å². The van der Waals surface area contributed by atoms with E-state index >= 15 is 0 Å². The summed E-state index contributed by atoms with van der Waals surface area (Å²) in [4.78, 5) is 15.8. The summed E-state index contributed by atoms with van der Waals surface area (Å²) >= 11 is 7.44. The molecule has 1 aliphatic rings. The Morgan fingerprint density at radius 1 is 1.21 bits per heavy atom. The number of carbonyl (C=O) groups is 1. The highest BCUT2D eigenvalue weighted by atomic mass is 35.5. The van der Waals surface area contributed by atoms with E-state index < -0.39 is 0 Å². The fourth-order valence-corrected chi connectivity index (χ4v) is 4.13. The zero-order valence-corrected chi connectivity index (χ0v) is 15.0. The van der Waals surface area contributed by atoms with Crippen LogP contribution >= 0.6 is 23.4 Å². The maximum atomic E-state index is 13.1. The maximum absolute atomic E-state index is 13.1. The molecule has 24 heavy (non-hydrogen) atoms. The zero-order valence-electron chi connectivity index (χ0n) is 13.4. The quantitative estimate of drug-likeness (QED) is 0.685. The van der Waals surface area contributed by atoms with E-state index in [-0.39, 0.29) is 23.0 Å². The van der Waals surface area contributed by atoms with Crippen LogP contribution in [-0.4, -0.2) is 22.6 Å². The molecule has 1 saturated heterocycles. The van der Waals surface area contributed by atoms with E-state index in [1.807, 2.05) is 36.1 Å². The Morgan fingerprint density at radius 2 is 1.88 bits per heavy atom. The van der Waals surface area contributed by atoms with Crippen LogP contribution in [0, 0.1) is 5.82 Å². The van der Waals surface area contributed by atoms with Crippen LogP contribution in [0.1, 0.15) is 31.4 Å². The Morgan fingerprint density at radius 3 is 2.54 bits per heavy atom. The summed E-state index contributed by atoms with van der Waals surface area (Å²) in [6, 6.07) is 14.1. The third-order valence-corrected chi connectivity index (χ3v) is 5.62. The second-order valence-corrected chi connectivity index (χ2v) is 7.81. The van der Waals surface area contributed by atoms with Crippen molar-refractivity contribution in [2.45, 2.75) is 36.0 Å². The Bertz CT molecular complexity index is 704. The number of nitrogens with zero attached hydrogens (tertiary/aromatic N) is 1. The van der Waals surface area contributed by atoms with Crippen LogP contribution in [0.2, 0.25) is 5.02 Å². The molecule has 1 amide bonds. The lowest BCUT2D eigenvalue weighted by atomic mass is 10.0. The van der Waals surface area contributed by atoms with Gasteiger partial charge in [-0.3, -0.25) is 4.79 Å². The van der Waals surface area contributed by atoms with Gasteiger partial charge in [0.05, 0.1) is 11.3 Å². The lowest BCUT2D eigenvalue weighted by molar-refractivity contribution is -0.131. The predicted octanol–water partition coefficient (Wildman–Crippen LogP) is 5.32. The third kappa shape index (κ3) is 3.93. The Kier molecular flexibility index (Phi) is 5.47. The second-order valence-electron chi connectivity index (χ2n) is 5.96. The molecule has 0 bridgehead atoms. The summed E-state index contributed by atoms with van der Waals surface area (Å²) in [5.74, 6) is -0.122.